The number of anilines is 2. The van der Waals surface area contributed by atoms with Crippen LogP contribution < -0.4 is 10.6 Å². The van der Waals surface area contributed by atoms with Crippen LogP contribution in [0.1, 0.15) is 53.3 Å². The molecule has 28 heavy (non-hydrogen) atoms. The van der Waals surface area contributed by atoms with Crippen LogP contribution in [0.2, 0.25) is 0 Å². The largest absolute Gasteiger partial charge is 0.462 e. The molecule has 0 saturated carbocycles. The van der Waals surface area contributed by atoms with Crippen molar-refractivity contribution in [3.63, 3.8) is 0 Å². The summed E-state index contributed by atoms with van der Waals surface area (Å²) < 4.78 is 10.3. The van der Waals surface area contributed by atoms with E-state index in [0.29, 0.717) is 16.1 Å². The number of hydrogen-bond acceptors (Lipinski definition) is 6. The zero-order valence-electron chi connectivity index (χ0n) is 16.5. The van der Waals surface area contributed by atoms with Crippen LogP contribution in [0.5, 0.6) is 0 Å². The molecule has 1 aromatic heterocycles. The van der Waals surface area contributed by atoms with E-state index in [2.05, 4.69) is 10.6 Å². The molecular weight excluding hydrogens is 380 g/mol. The number of carbonyl (C=O) groups is 3. The maximum atomic E-state index is 12.7. The lowest BCUT2D eigenvalue weighted by molar-refractivity contribution is 0.0527. The second kappa shape index (κ2) is 8.88. The van der Waals surface area contributed by atoms with Crippen molar-refractivity contribution in [2.24, 2.45) is 0 Å². The highest BCUT2D eigenvalue weighted by Gasteiger charge is 2.28. The molecule has 150 valence electrons. The predicted molar refractivity (Wildman–Crippen MR) is 109 cm³/mol. The van der Waals surface area contributed by atoms with E-state index >= 15 is 0 Å². The normalized spacial score (nSPS) is 10.9. The van der Waals surface area contributed by atoms with E-state index in [-0.39, 0.29) is 23.1 Å². The molecule has 2 N–H and O–H groups in total. The van der Waals surface area contributed by atoms with Crippen molar-refractivity contribution in [3.05, 3.63) is 46.3 Å². The molecule has 0 aliphatic carbocycles. The van der Waals surface area contributed by atoms with Gasteiger partial charge in [0, 0.05) is 5.69 Å². The lowest BCUT2D eigenvalue weighted by Gasteiger charge is -2.19. The first-order valence-electron chi connectivity index (χ1n) is 8.79. The molecule has 1 aromatic carbocycles. The number of rotatable bonds is 5. The van der Waals surface area contributed by atoms with Crippen molar-refractivity contribution >= 4 is 40.0 Å². The van der Waals surface area contributed by atoms with Crippen LogP contribution in [0.25, 0.3) is 0 Å². The third-order valence-electron chi connectivity index (χ3n) is 3.48. The number of ether oxygens (including phenoxy) is 2. The molecule has 7 nitrogen and oxygen atoms in total. The first-order valence-corrected chi connectivity index (χ1v) is 9.61. The number of carbonyl (C=O) groups excluding carboxylic acids is 3. The quantitative estimate of drug-likeness (QED) is 0.696. The highest BCUT2D eigenvalue weighted by molar-refractivity contribution is 7.18. The summed E-state index contributed by atoms with van der Waals surface area (Å²) in [5.41, 5.74) is 0.507. The Morgan fingerprint density at radius 3 is 2.29 bits per heavy atom. The molecule has 0 aliphatic heterocycles. The number of thiophene rings is 1. The number of benzene rings is 1. The van der Waals surface area contributed by atoms with Crippen LogP contribution in [0, 0.1) is 6.92 Å². The summed E-state index contributed by atoms with van der Waals surface area (Å²) >= 11 is 0.997. The van der Waals surface area contributed by atoms with Crippen molar-refractivity contribution in [2.75, 3.05) is 17.2 Å². The van der Waals surface area contributed by atoms with Gasteiger partial charge in [-0.1, -0.05) is 18.2 Å². The zero-order chi connectivity index (χ0) is 20.9. The minimum absolute atomic E-state index is 0.149. The molecule has 0 saturated heterocycles. The lowest BCUT2D eigenvalue weighted by Crippen LogP contribution is -2.27. The minimum Gasteiger partial charge on any atom is -0.462 e. The Kier molecular flexibility index (Phi) is 6.80. The van der Waals surface area contributed by atoms with Crippen LogP contribution in [0.4, 0.5) is 15.5 Å². The SMILES string of the molecule is CCOC(=O)c1c(NC(=O)OC(C)(C)C)sc(C(=O)Nc2ccccc2)c1C. The fourth-order valence-corrected chi connectivity index (χ4v) is 3.45. The first kappa shape index (κ1) is 21.4. The van der Waals surface area contributed by atoms with E-state index in [9.17, 15) is 14.4 Å². The van der Waals surface area contributed by atoms with E-state index in [1.807, 2.05) is 6.07 Å². The van der Waals surface area contributed by atoms with Crippen LogP contribution in [0.3, 0.4) is 0 Å². The van der Waals surface area contributed by atoms with E-state index in [1.165, 1.54) is 0 Å². The fourth-order valence-electron chi connectivity index (χ4n) is 2.37. The van der Waals surface area contributed by atoms with Gasteiger partial charge >= 0.3 is 12.1 Å². The van der Waals surface area contributed by atoms with Gasteiger partial charge in [-0.3, -0.25) is 10.1 Å². The highest BCUT2D eigenvalue weighted by Crippen LogP contribution is 2.34. The molecule has 0 fully saturated rings. The summed E-state index contributed by atoms with van der Waals surface area (Å²) in [6.45, 7) is 8.70. The molecule has 2 amide bonds. The summed E-state index contributed by atoms with van der Waals surface area (Å²) in [5, 5.41) is 5.55. The van der Waals surface area contributed by atoms with Gasteiger partial charge in [0.1, 0.15) is 10.6 Å². The first-order chi connectivity index (χ1) is 13.1. The summed E-state index contributed by atoms with van der Waals surface area (Å²) in [4.78, 5) is 37.6. The Bertz CT molecular complexity index is 869. The second-order valence-electron chi connectivity index (χ2n) is 6.93. The average molecular weight is 404 g/mol. The summed E-state index contributed by atoms with van der Waals surface area (Å²) in [5.74, 6) is -0.988. The van der Waals surface area contributed by atoms with E-state index in [1.54, 1.807) is 58.9 Å². The zero-order valence-corrected chi connectivity index (χ0v) is 17.4. The number of para-hydroxylation sites is 1. The standard InChI is InChI=1S/C20H24N2O5S/c1-6-26-18(24)14-12(2)15(16(23)21-13-10-8-7-9-11-13)28-17(14)22-19(25)27-20(3,4)5/h7-11H,6H2,1-5H3,(H,21,23)(H,22,25). The van der Waals surface area contributed by atoms with Crippen LogP contribution in [-0.2, 0) is 9.47 Å². The molecule has 0 unspecified atom stereocenters. The van der Waals surface area contributed by atoms with Crippen molar-refractivity contribution in [1.82, 2.24) is 0 Å². The van der Waals surface area contributed by atoms with Gasteiger partial charge in [-0.2, -0.15) is 0 Å². The number of nitrogens with one attached hydrogen (secondary N) is 2. The molecule has 1 heterocycles. The predicted octanol–water partition coefficient (Wildman–Crippen LogP) is 4.83. The molecule has 0 bridgehead atoms. The molecule has 0 aliphatic rings. The molecule has 0 spiro atoms. The van der Waals surface area contributed by atoms with Crippen LogP contribution in [-0.4, -0.2) is 30.2 Å². The smallest absolute Gasteiger partial charge is 0.412 e. The van der Waals surface area contributed by atoms with Gasteiger partial charge in [0.2, 0.25) is 0 Å². The Hall–Kier alpha value is -2.87. The summed E-state index contributed by atoms with van der Waals surface area (Å²) in [6.07, 6.45) is -0.714. The van der Waals surface area contributed by atoms with Crippen molar-refractivity contribution in [3.8, 4) is 0 Å². The third kappa shape index (κ3) is 5.56. The van der Waals surface area contributed by atoms with Gasteiger partial charge in [0.25, 0.3) is 5.91 Å². The van der Waals surface area contributed by atoms with E-state index < -0.39 is 17.7 Å². The van der Waals surface area contributed by atoms with E-state index in [4.69, 9.17) is 9.47 Å². The number of amides is 2. The maximum absolute atomic E-state index is 12.7. The number of hydrogen-bond donors (Lipinski definition) is 2. The second-order valence-corrected chi connectivity index (χ2v) is 7.95. The topological polar surface area (TPSA) is 93.7 Å². The Balaban J connectivity index is 2.35. The third-order valence-corrected chi connectivity index (χ3v) is 4.68. The minimum atomic E-state index is -0.714. The van der Waals surface area contributed by atoms with Gasteiger partial charge in [0.15, 0.2) is 0 Å². The Morgan fingerprint density at radius 1 is 1.07 bits per heavy atom. The Labute approximate surface area is 168 Å². The molecule has 8 heteroatoms. The fraction of sp³-hybridized carbons (Fsp3) is 0.350. The lowest BCUT2D eigenvalue weighted by atomic mass is 10.1. The van der Waals surface area contributed by atoms with Gasteiger partial charge in [-0.25, -0.2) is 9.59 Å². The summed E-state index contributed by atoms with van der Waals surface area (Å²) in [6, 6.07) is 8.96. The van der Waals surface area contributed by atoms with Crippen LogP contribution in [0.15, 0.2) is 30.3 Å². The molecule has 2 aromatic rings. The van der Waals surface area contributed by atoms with Gasteiger partial charge < -0.3 is 14.8 Å². The van der Waals surface area contributed by atoms with Crippen molar-refractivity contribution in [1.29, 1.82) is 0 Å². The van der Waals surface area contributed by atoms with Crippen molar-refractivity contribution < 1.29 is 23.9 Å². The summed E-state index contributed by atoms with van der Waals surface area (Å²) in [7, 11) is 0. The van der Waals surface area contributed by atoms with Gasteiger partial charge in [-0.05, 0) is 52.3 Å². The van der Waals surface area contributed by atoms with Crippen LogP contribution >= 0.6 is 11.3 Å². The molecular formula is C20H24N2O5S. The highest BCUT2D eigenvalue weighted by atomic mass is 32.1. The number of esters is 1. The van der Waals surface area contributed by atoms with Gasteiger partial charge in [0.05, 0.1) is 17.0 Å². The van der Waals surface area contributed by atoms with Gasteiger partial charge in [-0.15, -0.1) is 11.3 Å². The van der Waals surface area contributed by atoms with Crippen molar-refractivity contribution in [2.45, 2.75) is 40.2 Å². The Morgan fingerprint density at radius 2 is 1.71 bits per heavy atom. The maximum Gasteiger partial charge on any atom is 0.412 e. The molecule has 0 atom stereocenters. The average Bonchev–Trinajstić information content (AvgIpc) is 2.90. The van der Waals surface area contributed by atoms with E-state index in [0.717, 1.165) is 11.3 Å². The monoisotopic (exact) mass is 404 g/mol. The molecule has 2 rings (SSSR count). The molecule has 0 radical (unpaired) electrons.